The highest BCUT2D eigenvalue weighted by Gasteiger charge is 2.25. The number of sulfonamides is 1. The van der Waals surface area contributed by atoms with Crippen LogP contribution in [0, 0.1) is 11.6 Å². The molecule has 2 aromatic carbocycles. The van der Waals surface area contributed by atoms with E-state index in [1.807, 2.05) is 0 Å². The number of ether oxygens (including phenoxy) is 1. The number of nitrogens with one attached hydrogen (secondary N) is 3. The zero-order chi connectivity index (χ0) is 21.8. The lowest BCUT2D eigenvalue weighted by atomic mass is 10.0. The van der Waals surface area contributed by atoms with E-state index in [1.54, 1.807) is 0 Å². The predicted octanol–water partition coefficient (Wildman–Crippen LogP) is 1.10. The summed E-state index contributed by atoms with van der Waals surface area (Å²) in [7, 11) is -0.150. The lowest BCUT2D eigenvalue weighted by Crippen LogP contribution is -2.39. The van der Waals surface area contributed by atoms with E-state index in [0.717, 1.165) is 24.3 Å². The Morgan fingerprint density at radius 3 is 2.28 bits per heavy atom. The van der Waals surface area contributed by atoms with Crippen molar-refractivity contribution in [2.24, 2.45) is 0 Å². The summed E-state index contributed by atoms with van der Waals surface area (Å²) < 4.78 is 58.2. The molecule has 2 aromatic rings. The summed E-state index contributed by atoms with van der Waals surface area (Å²) in [5, 5.41) is 4.71. The lowest BCUT2D eigenvalue weighted by Gasteiger charge is -2.18. The van der Waals surface area contributed by atoms with Gasteiger partial charge in [-0.2, -0.15) is 0 Å². The van der Waals surface area contributed by atoms with Crippen molar-refractivity contribution in [1.82, 2.24) is 15.4 Å². The first-order valence-corrected chi connectivity index (χ1v) is 9.72. The minimum atomic E-state index is -3.93. The molecule has 0 aromatic heterocycles. The minimum Gasteiger partial charge on any atom is -0.495 e. The zero-order valence-corrected chi connectivity index (χ0v) is 16.6. The first-order valence-electron chi connectivity index (χ1n) is 8.23. The van der Waals surface area contributed by atoms with Gasteiger partial charge < -0.3 is 15.4 Å². The number of carbonyl (C=O) groups is 2. The summed E-state index contributed by atoms with van der Waals surface area (Å²) in [6, 6.07) is 5.10. The molecule has 2 rings (SSSR count). The molecule has 2 amide bonds. The average Bonchev–Trinajstić information content (AvgIpc) is 2.72. The van der Waals surface area contributed by atoms with Crippen LogP contribution in [0.25, 0.3) is 0 Å². The molecule has 0 fully saturated rings. The van der Waals surface area contributed by atoms with Crippen molar-refractivity contribution < 1.29 is 31.5 Å². The third kappa shape index (κ3) is 4.87. The van der Waals surface area contributed by atoms with Crippen molar-refractivity contribution >= 4 is 21.8 Å². The third-order valence-corrected chi connectivity index (χ3v) is 5.48. The van der Waals surface area contributed by atoms with E-state index < -0.39 is 39.5 Å². The van der Waals surface area contributed by atoms with Crippen molar-refractivity contribution in [2.75, 3.05) is 21.2 Å². The van der Waals surface area contributed by atoms with Gasteiger partial charge >= 0.3 is 0 Å². The quantitative estimate of drug-likeness (QED) is 0.612. The van der Waals surface area contributed by atoms with E-state index >= 15 is 0 Å². The molecule has 0 radical (unpaired) electrons. The van der Waals surface area contributed by atoms with Gasteiger partial charge in [-0.05, 0) is 42.9 Å². The molecule has 0 aliphatic rings. The van der Waals surface area contributed by atoms with Gasteiger partial charge in [0.15, 0.2) is 11.6 Å². The van der Waals surface area contributed by atoms with Gasteiger partial charge in [0.1, 0.15) is 16.7 Å². The summed E-state index contributed by atoms with van der Waals surface area (Å²) in [5.74, 6) is -3.76. The van der Waals surface area contributed by atoms with Crippen molar-refractivity contribution in [2.45, 2.75) is 10.9 Å². The Morgan fingerprint density at radius 2 is 1.72 bits per heavy atom. The van der Waals surface area contributed by atoms with Gasteiger partial charge in [-0.1, -0.05) is 6.07 Å². The number of halogens is 2. The minimum absolute atomic E-state index is 0.00758. The second-order valence-electron chi connectivity index (χ2n) is 5.77. The van der Waals surface area contributed by atoms with Crippen molar-refractivity contribution in [3.8, 4) is 5.75 Å². The molecule has 0 saturated heterocycles. The molecule has 0 bridgehead atoms. The Morgan fingerprint density at radius 1 is 1.03 bits per heavy atom. The van der Waals surface area contributed by atoms with Crippen LogP contribution in [0.1, 0.15) is 22.0 Å². The normalized spacial score (nSPS) is 12.2. The smallest absolute Gasteiger partial charge is 0.252 e. The van der Waals surface area contributed by atoms with Crippen molar-refractivity contribution in [3.05, 3.63) is 59.2 Å². The van der Waals surface area contributed by atoms with Crippen LogP contribution in [0.4, 0.5) is 8.78 Å². The Bertz CT molecular complexity index is 1040. The standard InChI is InChI=1S/C18H19F2N3O5S/c1-21-18(25)16(10-4-6-12(19)13(20)8-10)23-17(24)11-5-7-14(28-3)15(9-11)29(26,27)22-2/h4-9,16,22H,1-3H3,(H,21,25)(H,23,24). The van der Waals surface area contributed by atoms with Crippen LogP contribution in [0.15, 0.2) is 41.3 Å². The monoisotopic (exact) mass is 427 g/mol. The summed E-state index contributed by atoms with van der Waals surface area (Å²) in [6.07, 6.45) is 0. The molecule has 11 heteroatoms. The number of likely N-dealkylation sites (N-methyl/N-ethyl adjacent to an activating group) is 1. The van der Waals surface area contributed by atoms with E-state index in [9.17, 15) is 26.8 Å². The van der Waals surface area contributed by atoms with E-state index in [2.05, 4.69) is 15.4 Å². The SMILES string of the molecule is CNC(=O)C(NC(=O)c1ccc(OC)c(S(=O)(=O)NC)c1)c1ccc(F)c(F)c1. The van der Waals surface area contributed by atoms with Gasteiger partial charge in [0.2, 0.25) is 15.9 Å². The summed E-state index contributed by atoms with van der Waals surface area (Å²) >= 11 is 0. The first kappa shape index (κ1) is 22.2. The van der Waals surface area contributed by atoms with Crippen LogP contribution in [0.3, 0.4) is 0 Å². The molecule has 0 heterocycles. The lowest BCUT2D eigenvalue weighted by molar-refractivity contribution is -0.122. The van der Waals surface area contributed by atoms with Gasteiger partial charge in [0.25, 0.3) is 5.91 Å². The molecule has 0 aliphatic carbocycles. The van der Waals surface area contributed by atoms with E-state index in [4.69, 9.17) is 4.74 Å². The van der Waals surface area contributed by atoms with Gasteiger partial charge in [-0.3, -0.25) is 9.59 Å². The van der Waals surface area contributed by atoms with Gasteiger partial charge in [-0.15, -0.1) is 0 Å². The molecule has 3 N–H and O–H groups in total. The Balaban J connectivity index is 2.43. The summed E-state index contributed by atoms with van der Waals surface area (Å²) in [6.45, 7) is 0. The van der Waals surface area contributed by atoms with Gasteiger partial charge in [0, 0.05) is 12.6 Å². The number of rotatable bonds is 7. The number of methoxy groups -OCH3 is 1. The molecular weight excluding hydrogens is 408 g/mol. The Labute approximate surface area is 166 Å². The molecule has 1 atom stereocenters. The second-order valence-corrected chi connectivity index (χ2v) is 7.62. The summed E-state index contributed by atoms with van der Waals surface area (Å²) in [5.41, 5.74) is -0.0794. The molecule has 1 unspecified atom stereocenters. The van der Waals surface area contributed by atoms with Crippen LogP contribution in [-0.4, -0.2) is 41.4 Å². The van der Waals surface area contributed by atoms with E-state index in [1.165, 1.54) is 33.3 Å². The Hall–Kier alpha value is -3.05. The number of benzene rings is 2. The predicted molar refractivity (Wildman–Crippen MR) is 99.9 cm³/mol. The maximum absolute atomic E-state index is 13.6. The number of carbonyl (C=O) groups excluding carboxylic acids is 2. The first-order chi connectivity index (χ1) is 13.6. The molecule has 29 heavy (non-hydrogen) atoms. The number of hydrogen-bond acceptors (Lipinski definition) is 5. The molecule has 156 valence electrons. The van der Waals surface area contributed by atoms with Crippen LogP contribution in [0.5, 0.6) is 5.75 Å². The topological polar surface area (TPSA) is 114 Å². The molecule has 0 aliphatic heterocycles. The van der Waals surface area contributed by atoms with Crippen LogP contribution < -0.4 is 20.1 Å². The Kier molecular flexibility index (Phi) is 6.88. The maximum Gasteiger partial charge on any atom is 0.252 e. The average molecular weight is 427 g/mol. The highest BCUT2D eigenvalue weighted by atomic mass is 32.2. The van der Waals surface area contributed by atoms with Gasteiger partial charge in [0.05, 0.1) is 7.11 Å². The largest absolute Gasteiger partial charge is 0.495 e. The fourth-order valence-electron chi connectivity index (χ4n) is 2.49. The molecule has 0 saturated carbocycles. The van der Waals surface area contributed by atoms with E-state index in [0.29, 0.717) is 0 Å². The van der Waals surface area contributed by atoms with Crippen molar-refractivity contribution in [3.63, 3.8) is 0 Å². The van der Waals surface area contributed by atoms with E-state index in [-0.39, 0.29) is 21.8 Å². The van der Waals surface area contributed by atoms with Gasteiger partial charge in [-0.25, -0.2) is 21.9 Å². The molecule has 8 nitrogen and oxygen atoms in total. The van der Waals surface area contributed by atoms with Crippen molar-refractivity contribution in [1.29, 1.82) is 0 Å². The number of hydrogen-bond donors (Lipinski definition) is 3. The highest BCUT2D eigenvalue weighted by molar-refractivity contribution is 7.89. The third-order valence-electron chi connectivity index (χ3n) is 4.05. The number of amides is 2. The fraction of sp³-hybridized carbons (Fsp3) is 0.222. The maximum atomic E-state index is 13.6. The molecular formula is C18H19F2N3O5S. The van der Waals surface area contributed by atoms with Crippen LogP contribution >= 0.6 is 0 Å². The van der Waals surface area contributed by atoms with Crippen LogP contribution in [-0.2, 0) is 14.8 Å². The van der Waals surface area contributed by atoms with Crippen LogP contribution in [0.2, 0.25) is 0 Å². The molecule has 0 spiro atoms. The zero-order valence-electron chi connectivity index (χ0n) is 15.7. The second kappa shape index (κ2) is 8.97. The fourth-order valence-corrected chi connectivity index (χ4v) is 3.41. The highest BCUT2D eigenvalue weighted by Crippen LogP contribution is 2.25. The summed E-state index contributed by atoms with van der Waals surface area (Å²) in [4.78, 5) is 24.6.